The molecule has 1 heterocycles. The number of para-hydroxylation sites is 1. The van der Waals surface area contributed by atoms with E-state index in [-0.39, 0.29) is 0 Å². The summed E-state index contributed by atoms with van der Waals surface area (Å²) in [4.78, 5) is 3.22. The fraction of sp³-hybridized carbons (Fsp3) is 0.182. The van der Waals surface area contributed by atoms with Crippen LogP contribution >= 0.6 is 0 Å². The highest BCUT2D eigenvalue weighted by atomic mass is 16.4. The van der Waals surface area contributed by atoms with Crippen LogP contribution in [-0.4, -0.2) is 15.9 Å². The fourth-order valence-corrected chi connectivity index (χ4v) is 1.69. The van der Waals surface area contributed by atoms with Gasteiger partial charge in [-0.3, -0.25) is 0 Å². The number of hydrogen-bond acceptors (Lipinski definition) is 2. The first-order valence-electron chi connectivity index (χ1n) is 4.50. The summed E-state index contributed by atoms with van der Waals surface area (Å²) in [5.74, 6) is 0. The Hall–Kier alpha value is -1.77. The highest BCUT2D eigenvalue weighted by Crippen LogP contribution is 2.21. The van der Waals surface area contributed by atoms with E-state index in [2.05, 4.69) is 16.2 Å². The van der Waals surface area contributed by atoms with Gasteiger partial charge in [-0.2, -0.15) is 0 Å². The average Bonchev–Trinajstić information content (AvgIpc) is 2.56. The summed E-state index contributed by atoms with van der Waals surface area (Å²) in [6.07, 6.45) is 0. The molecule has 3 heteroatoms. The lowest BCUT2D eigenvalue weighted by atomic mass is 10.1. The number of nitrogens with zero attached hydrogens (tertiary/aromatic N) is 1. The largest absolute Gasteiger partial charge is 0.411 e. The van der Waals surface area contributed by atoms with Crippen LogP contribution in [0.2, 0.25) is 0 Å². The van der Waals surface area contributed by atoms with Crippen LogP contribution < -0.4 is 0 Å². The maximum atomic E-state index is 8.71. The van der Waals surface area contributed by atoms with Gasteiger partial charge in [0, 0.05) is 10.9 Å². The number of fused-ring (bicyclic) bond motifs is 1. The van der Waals surface area contributed by atoms with Gasteiger partial charge in [-0.15, -0.1) is 0 Å². The first-order chi connectivity index (χ1) is 6.74. The SMILES string of the molecule is C/C(=N\O)c1[nH]c2ccccc2c1C. The number of benzene rings is 1. The zero-order chi connectivity index (χ0) is 10.1. The fourth-order valence-electron chi connectivity index (χ4n) is 1.69. The zero-order valence-electron chi connectivity index (χ0n) is 8.20. The molecule has 0 aliphatic carbocycles. The summed E-state index contributed by atoms with van der Waals surface area (Å²) < 4.78 is 0. The van der Waals surface area contributed by atoms with E-state index < -0.39 is 0 Å². The van der Waals surface area contributed by atoms with Gasteiger partial charge in [0.2, 0.25) is 0 Å². The Morgan fingerprint density at radius 1 is 1.36 bits per heavy atom. The lowest BCUT2D eigenvalue weighted by Crippen LogP contribution is -1.96. The second-order valence-corrected chi connectivity index (χ2v) is 3.36. The first kappa shape index (κ1) is 8.81. The summed E-state index contributed by atoms with van der Waals surface area (Å²) in [6, 6.07) is 8.04. The minimum absolute atomic E-state index is 0.610. The Morgan fingerprint density at radius 3 is 2.71 bits per heavy atom. The monoisotopic (exact) mass is 188 g/mol. The Kier molecular flexibility index (Phi) is 2.00. The minimum atomic E-state index is 0.610. The third-order valence-electron chi connectivity index (χ3n) is 2.48. The van der Waals surface area contributed by atoms with E-state index in [9.17, 15) is 0 Å². The second-order valence-electron chi connectivity index (χ2n) is 3.36. The molecule has 2 rings (SSSR count). The molecule has 0 aliphatic heterocycles. The number of nitrogens with one attached hydrogen (secondary N) is 1. The van der Waals surface area contributed by atoms with Crippen LogP contribution in [0.15, 0.2) is 29.4 Å². The van der Waals surface area contributed by atoms with Crippen LogP contribution in [0.25, 0.3) is 10.9 Å². The van der Waals surface area contributed by atoms with E-state index in [1.54, 1.807) is 6.92 Å². The molecule has 0 unspecified atom stereocenters. The predicted octanol–water partition coefficient (Wildman–Crippen LogP) is 2.67. The van der Waals surface area contributed by atoms with Crippen LogP contribution in [0.4, 0.5) is 0 Å². The van der Waals surface area contributed by atoms with Crippen molar-refractivity contribution >= 4 is 16.6 Å². The van der Waals surface area contributed by atoms with Gasteiger partial charge in [0.25, 0.3) is 0 Å². The lowest BCUT2D eigenvalue weighted by molar-refractivity contribution is 0.319. The van der Waals surface area contributed by atoms with E-state index in [1.807, 2.05) is 25.1 Å². The van der Waals surface area contributed by atoms with Crippen molar-refractivity contribution in [1.29, 1.82) is 0 Å². The van der Waals surface area contributed by atoms with Crippen LogP contribution in [-0.2, 0) is 0 Å². The third kappa shape index (κ3) is 1.18. The molecule has 1 aromatic carbocycles. The molecule has 0 bridgehead atoms. The molecular weight excluding hydrogens is 176 g/mol. The predicted molar refractivity (Wildman–Crippen MR) is 57.0 cm³/mol. The van der Waals surface area contributed by atoms with Gasteiger partial charge in [0.05, 0.1) is 5.69 Å². The maximum absolute atomic E-state index is 8.71. The molecule has 0 radical (unpaired) electrons. The van der Waals surface area contributed by atoms with Crippen LogP contribution in [0, 0.1) is 6.92 Å². The summed E-state index contributed by atoms with van der Waals surface area (Å²) >= 11 is 0. The van der Waals surface area contributed by atoms with Crippen molar-refractivity contribution in [2.45, 2.75) is 13.8 Å². The van der Waals surface area contributed by atoms with Crippen molar-refractivity contribution < 1.29 is 5.21 Å². The summed E-state index contributed by atoms with van der Waals surface area (Å²) in [5.41, 5.74) is 3.70. The van der Waals surface area contributed by atoms with Crippen molar-refractivity contribution in [3.63, 3.8) is 0 Å². The molecule has 0 atom stereocenters. The molecular formula is C11H12N2O. The molecule has 2 aromatic rings. The molecule has 2 N–H and O–H groups in total. The van der Waals surface area contributed by atoms with Gasteiger partial charge in [-0.05, 0) is 25.5 Å². The molecule has 0 fully saturated rings. The van der Waals surface area contributed by atoms with E-state index in [1.165, 1.54) is 5.39 Å². The van der Waals surface area contributed by atoms with Crippen LogP contribution in [0.1, 0.15) is 18.2 Å². The van der Waals surface area contributed by atoms with Gasteiger partial charge in [-0.1, -0.05) is 23.4 Å². The molecule has 3 nitrogen and oxygen atoms in total. The number of aromatic nitrogens is 1. The van der Waals surface area contributed by atoms with Gasteiger partial charge in [0.15, 0.2) is 0 Å². The van der Waals surface area contributed by atoms with Crippen molar-refractivity contribution in [3.8, 4) is 0 Å². The average molecular weight is 188 g/mol. The Balaban J connectivity index is 2.75. The van der Waals surface area contributed by atoms with Gasteiger partial charge >= 0.3 is 0 Å². The van der Waals surface area contributed by atoms with Gasteiger partial charge in [0.1, 0.15) is 5.71 Å². The number of aromatic amines is 1. The summed E-state index contributed by atoms with van der Waals surface area (Å²) in [7, 11) is 0. The summed E-state index contributed by atoms with van der Waals surface area (Å²) in [5, 5.41) is 13.1. The van der Waals surface area contributed by atoms with E-state index in [4.69, 9.17) is 5.21 Å². The lowest BCUT2D eigenvalue weighted by Gasteiger charge is -1.95. The number of H-pyrrole nitrogens is 1. The van der Waals surface area contributed by atoms with E-state index in [0.717, 1.165) is 16.8 Å². The Morgan fingerprint density at radius 2 is 2.07 bits per heavy atom. The molecule has 0 saturated carbocycles. The zero-order valence-corrected chi connectivity index (χ0v) is 8.20. The Labute approximate surface area is 82.1 Å². The number of rotatable bonds is 1. The number of aryl methyl sites for hydroxylation is 1. The molecule has 0 saturated heterocycles. The van der Waals surface area contributed by atoms with Gasteiger partial charge < -0.3 is 10.2 Å². The molecule has 0 amide bonds. The van der Waals surface area contributed by atoms with E-state index >= 15 is 0 Å². The van der Waals surface area contributed by atoms with Gasteiger partial charge in [-0.25, -0.2) is 0 Å². The van der Waals surface area contributed by atoms with E-state index in [0.29, 0.717) is 5.71 Å². The van der Waals surface area contributed by atoms with Crippen LogP contribution in [0.3, 0.4) is 0 Å². The maximum Gasteiger partial charge on any atom is 0.100 e. The van der Waals surface area contributed by atoms with Crippen LogP contribution in [0.5, 0.6) is 0 Å². The highest BCUT2D eigenvalue weighted by molar-refractivity contribution is 6.03. The first-order valence-corrected chi connectivity index (χ1v) is 4.50. The van der Waals surface area contributed by atoms with Crippen molar-refractivity contribution in [2.24, 2.45) is 5.16 Å². The number of oxime groups is 1. The molecule has 1 aromatic heterocycles. The smallest absolute Gasteiger partial charge is 0.100 e. The van der Waals surface area contributed by atoms with Crippen molar-refractivity contribution in [1.82, 2.24) is 4.98 Å². The topological polar surface area (TPSA) is 48.4 Å². The second kappa shape index (κ2) is 3.18. The molecule has 14 heavy (non-hydrogen) atoms. The highest BCUT2D eigenvalue weighted by Gasteiger charge is 2.08. The number of hydrogen-bond donors (Lipinski definition) is 2. The quantitative estimate of drug-likeness (QED) is 0.403. The Bertz CT molecular complexity index is 497. The van der Waals surface area contributed by atoms with Crippen molar-refractivity contribution in [2.75, 3.05) is 0 Å². The summed E-state index contributed by atoms with van der Waals surface area (Å²) in [6.45, 7) is 3.79. The standard InChI is InChI=1S/C11H12N2O/c1-7-9-5-3-4-6-10(9)12-11(7)8(2)13-14/h3-6,12,14H,1-2H3/b13-8+. The minimum Gasteiger partial charge on any atom is -0.411 e. The molecule has 0 aliphatic rings. The molecule has 72 valence electrons. The van der Waals surface area contributed by atoms with Crippen molar-refractivity contribution in [3.05, 3.63) is 35.5 Å². The third-order valence-corrected chi connectivity index (χ3v) is 2.48. The normalized spacial score (nSPS) is 12.3. The molecule has 0 spiro atoms.